The van der Waals surface area contributed by atoms with E-state index in [9.17, 15) is 0 Å². The van der Waals surface area contributed by atoms with Gasteiger partial charge in [0.05, 0.1) is 6.61 Å². The van der Waals surface area contributed by atoms with Crippen LogP contribution in [0.2, 0.25) is 0 Å². The maximum absolute atomic E-state index is 5.33. The summed E-state index contributed by atoms with van der Waals surface area (Å²) in [6.45, 7) is 2.70. The van der Waals surface area contributed by atoms with E-state index < -0.39 is 0 Å². The van der Waals surface area contributed by atoms with Crippen LogP contribution in [0, 0.1) is 0 Å². The molecule has 0 atom stereocenters. The Morgan fingerprint density at radius 2 is 2.27 bits per heavy atom. The predicted octanol–water partition coefficient (Wildman–Crippen LogP) is 0.848. The minimum Gasteiger partial charge on any atom is -0.477 e. The highest BCUT2D eigenvalue weighted by Gasteiger charge is 1.93. The molecule has 0 amide bonds. The van der Waals surface area contributed by atoms with Crippen molar-refractivity contribution in [1.29, 1.82) is 0 Å². The Morgan fingerprint density at radius 1 is 1.45 bits per heavy atom. The lowest BCUT2D eigenvalue weighted by Crippen LogP contribution is -1.99. The van der Waals surface area contributed by atoms with Crippen molar-refractivity contribution >= 4 is 5.82 Å². The lowest BCUT2D eigenvalue weighted by Gasteiger charge is -2.00. The van der Waals surface area contributed by atoms with Gasteiger partial charge in [-0.3, -0.25) is 0 Å². The fourth-order valence-electron chi connectivity index (χ4n) is 0.614. The minimum absolute atomic E-state index is 0.411. The maximum Gasteiger partial charge on any atom is 0.233 e. The molecule has 0 fully saturated rings. The average molecular weight is 153 g/mol. The van der Waals surface area contributed by atoms with E-state index in [0.717, 1.165) is 6.42 Å². The van der Waals surface area contributed by atoms with Gasteiger partial charge in [0, 0.05) is 6.07 Å². The van der Waals surface area contributed by atoms with E-state index >= 15 is 0 Å². The van der Waals surface area contributed by atoms with Crippen LogP contribution in [0.5, 0.6) is 5.88 Å². The number of hydrogen-bond acceptors (Lipinski definition) is 4. The van der Waals surface area contributed by atoms with Crippen LogP contribution in [0.15, 0.2) is 12.1 Å². The van der Waals surface area contributed by atoms with Crippen molar-refractivity contribution in [2.24, 2.45) is 0 Å². The number of rotatable bonds is 3. The van der Waals surface area contributed by atoms with Gasteiger partial charge in [0.15, 0.2) is 0 Å². The highest BCUT2D eigenvalue weighted by atomic mass is 16.5. The van der Waals surface area contributed by atoms with Crippen LogP contribution >= 0.6 is 0 Å². The molecule has 0 aliphatic rings. The van der Waals surface area contributed by atoms with E-state index in [0.29, 0.717) is 18.3 Å². The summed E-state index contributed by atoms with van der Waals surface area (Å²) in [6, 6.07) is 3.37. The Balaban J connectivity index is 2.52. The van der Waals surface area contributed by atoms with Crippen LogP contribution in [0.3, 0.4) is 0 Å². The van der Waals surface area contributed by atoms with Crippen LogP contribution in [-0.4, -0.2) is 16.8 Å². The van der Waals surface area contributed by atoms with Crippen molar-refractivity contribution in [3.8, 4) is 5.88 Å². The zero-order chi connectivity index (χ0) is 8.10. The number of nitrogen functional groups attached to an aromatic ring is 1. The number of nitrogens with two attached hydrogens (primary N) is 1. The standard InChI is InChI=1S/C7H11N3O/c1-2-5-11-7-4-3-6(8)9-10-7/h3-4H,2,5H2,1H3,(H2,8,9). The van der Waals surface area contributed by atoms with Gasteiger partial charge < -0.3 is 10.5 Å². The molecule has 0 aliphatic carbocycles. The normalized spacial score (nSPS) is 9.55. The minimum atomic E-state index is 0.411. The molecule has 1 aromatic heterocycles. The summed E-state index contributed by atoms with van der Waals surface area (Å²) in [4.78, 5) is 0. The number of nitrogens with zero attached hydrogens (tertiary/aromatic N) is 2. The maximum atomic E-state index is 5.33. The molecule has 0 aromatic carbocycles. The third-order valence-electron chi connectivity index (χ3n) is 1.11. The van der Waals surface area contributed by atoms with E-state index in [4.69, 9.17) is 10.5 Å². The predicted molar refractivity (Wildman–Crippen MR) is 42.2 cm³/mol. The van der Waals surface area contributed by atoms with Crippen LogP contribution in [0.25, 0.3) is 0 Å². The van der Waals surface area contributed by atoms with Gasteiger partial charge in [-0.2, -0.15) is 0 Å². The molecule has 0 unspecified atom stereocenters. The topological polar surface area (TPSA) is 61.0 Å². The van der Waals surface area contributed by atoms with Crippen molar-refractivity contribution in [2.45, 2.75) is 13.3 Å². The Kier molecular flexibility index (Phi) is 2.66. The van der Waals surface area contributed by atoms with E-state index in [2.05, 4.69) is 10.2 Å². The Bertz CT molecular complexity index is 209. The van der Waals surface area contributed by atoms with Gasteiger partial charge >= 0.3 is 0 Å². The molecule has 11 heavy (non-hydrogen) atoms. The smallest absolute Gasteiger partial charge is 0.233 e. The SMILES string of the molecule is CCCOc1ccc(N)nn1. The number of ether oxygens (including phenoxy) is 1. The van der Waals surface area contributed by atoms with E-state index in [1.807, 2.05) is 6.92 Å². The van der Waals surface area contributed by atoms with Crippen molar-refractivity contribution in [3.63, 3.8) is 0 Å². The van der Waals surface area contributed by atoms with Gasteiger partial charge in [-0.25, -0.2) is 0 Å². The number of aromatic nitrogens is 2. The molecule has 0 radical (unpaired) electrons. The first-order chi connectivity index (χ1) is 5.33. The summed E-state index contributed by atoms with van der Waals surface area (Å²) < 4.78 is 5.18. The molecule has 0 bridgehead atoms. The van der Waals surface area contributed by atoms with Crippen molar-refractivity contribution in [2.75, 3.05) is 12.3 Å². The second-order valence-electron chi connectivity index (χ2n) is 2.14. The Hall–Kier alpha value is -1.32. The van der Waals surface area contributed by atoms with Gasteiger partial charge in [-0.15, -0.1) is 10.2 Å². The lowest BCUT2D eigenvalue weighted by atomic mass is 10.5. The molecule has 60 valence electrons. The van der Waals surface area contributed by atoms with Crippen molar-refractivity contribution in [1.82, 2.24) is 10.2 Å². The third kappa shape index (κ3) is 2.41. The summed E-state index contributed by atoms with van der Waals surface area (Å²) >= 11 is 0. The molecule has 1 heterocycles. The van der Waals surface area contributed by atoms with Gasteiger partial charge in [-0.1, -0.05) is 6.92 Å². The van der Waals surface area contributed by atoms with Gasteiger partial charge in [-0.05, 0) is 12.5 Å². The molecule has 1 rings (SSSR count). The van der Waals surface area contributed by atoms with E-state index in [-0.39, 0.29) is 0 Å². The first kappa shape index (κ1) is 7.78. The summed E-state index contributed by atoms with van der Waals surface area (Å²) in [5, 5.41) is 7.35. The summed E-state index contributed by atoms with van der Waals surface area (Å²) in [6.07, 6.45) is 0.964. The molecule has 0 saturated heterocycles. The second-order valence-corrected chi connectivity index (χ2v) is 2.14. The largest absolute Gasteiger partial charge is 0.477 e. The van der Waals surface area contributed by atoms with Crippen LogP contribution in [0.4, 0.5) is 5.82 Å². The molecule has 4 nitrogen and oxygen atoms in total. The molecule has 4 heteroatoms. The van der Waals surface area contributed by atoms with Gasteiger partial charge in [0.2, 0.25) is 5.88 Å². The van der Waals surface area contributed by atoms with E-state index in [1.165, 1.54) is 0 Å². The Labute approximate surface area is 65.4 Å². The number of anilines is 1. The summed E-state index contributed by atoms with van der Waals surface area (Å²) in [5.74, 6) is 0.940. The Morgan fingerprint density at radius 3 is 2.82 bits per heavy atom. The number of hydrogen-bond donors (Lipinski definition) is 1. The summed E-state index contributed by atoms with van der Waals surface area (Å²) in [7, 11) is 0. The van der Waals surface area contributed by atoms with Crippen LogP contribution < -0.4 is 10.5 Å². The van der Waals surface area contributed by atoms with Crippen LogP contribution in [0.1, 0.15) is 13.3 Å². The van der Waals surface area contributed by atoms with E-state index in [1.54, 1.807) is 12.1 Å². The van der Waals surface area contributed by atoms with Crippen LogP contribution in [-0.2, 0) is 0 Å². The first-order valence-electron chi connectivity index (χ1n) is 3.55. The first-order valence-corrected chi connectivity index (χ1v) is 3.55. The highest BCUT2D eigenvalue weighted by molar-refractivity contribution is 5.27. The zero-order valence-corrected chi connectivity index (χ0v) is 6.45. The lowest BCUT2D eigenvalue weighted by molar-refractivity contribution is 0.302. The molecule has 0 spiro atoms. The van der Waals surface area contributed by atoms with Crippen molar-refractivity contribution < 1.29 is 4.74 Å². The molecular weight excluding hydrogens is 142 g/mol. The highest BCUT2D eigenvalue weighted by Crippen LogP contribution is 2.05. The van der Waals surface area contributed by atoms with Gasteiger partial charge in [0.25, 0.3) is 0 Å². The molecule has 1 aromatic rings. The fourth-order valence-corrected chi connectivity index (χ4v) is 0.614. The molecule has 0 saturated carbocycles. The molecule has 0 aliphatic heterocycles. The van der Waals surface area contributed by atoms with Gasteiger partial charge in [0.1, 0.15) is 5.82 Å². The fraction of sp³-hybridized carbons (Fsp3) is 0.429. The third-order valence-corrected chi connectivity index (χ3v) is 1.11. The quantitative estimate of drug-likeness (QED) is 0.699. The monoisotopic (exact) mass is 153 g/mol. The zero-order valence-electron chi connectivity index (χ0n) is 6.45. The summed E-state index contributed by atoms with van der Waals surface area (Å²) in [5.41, 5.74) is 5.33. The van der Waals surface area contributed by atoms with Crippen molar-refractivity contribution in [3.05, 3.63) is 12.1 Å². The average Bonchev–Trinajstić information content (AvgIpc) is 2.04. The molecular formula is C7H11N3O. The second kappa shape index (κ2) is 3.75. The molecule has 2 N–H and O–H groups in total.